The minimum absolute atomic E-state index is 0.0367. The number of hydrogen-bond acceptors (Lipinski definition) is 6. The minimum atomic E-state index is -4.50. The Balaban J connectivity index is 2.12. The van der Waals surface area contributed by atoms with Gasteiger partial charge in [0.2, 0.25) is 0 Å². The first-order valence-electron chi connectivity index (χ1n) is 7.09. The molecule has 0 aliphatic heterocycles. The highest BCUT2D eigenvalue weighted by molar-refractivity contribution is 7.51. The van der Waals surface area contributed by atoms with Gasteiger partial charge in [0.15, 0.2) is 29.8 Å². The van der Waals surface area contributed by atoms with Crippen molar-refractivity contribution >= 4 is 25.2 Å². The van der Waals surface area contributed by atoms with E-state index >= 15 is 0 Å². The zero-order valence-electron chi connectivity index (χ0n) is 13.3. The summed E-state index contributed by atoms with van der Waals surface area (Å²) in [5.41, 5.74) is 0.214. The zero-order valence-corrected chi connectivity index (χ0v) is 14.9. The number of carbonyl (C=O) groups is 1. The number of pyridine rings is 1. The summed E-state index contributed by atoms with van der Waals surface area (Å²) in [6.07, 6.45) is -1.07. The number of aromatic nitrogens is 1. The number of halogens is 2. The Morgan fingerprint density at radius 1 is 1.38 bits per heavy atom. The predicted molar refractivity (Wildman–Crippen MR) is 89.4 cm³/mol. The number of esters is 1. The molecule has 0 amide bonds. The maximum Gasteiger partial charge on any atom is 0.362 e. The molecule has 26 heavy (non-hydrogen) atoms. The summed E-state index contributed by atoms with van der Waals surface area (Å²) in [7, 11) is -4.50. The van der Waals surface area contributed by atoms with Crippen LogP contribution in [0.3, 0.4) is 0 Å². The normalized spacial score (nSPS) is 12.5. The maximum atomic E-state index is 13.9. The van der Waals surface area contributed by atoms with Gasteiger partial charge in [-0.3, -0.25) is 9.55 Å². The zero-order chi connectivity index (χ0) is 19.5. The largest absolute Gasteiger partial charge is 0.504 e. The van der Waals surface area contributed by atoms with E-state index in [1.165, 1.54) is 31.3 Å². The summed E-state index contributed by atoms with van der Waals surface area (Å²) < 4.78 is 34.2. The standard InChI is InChI=1S/C15H14ClFNO7P/c1-8(15(20)24-7-26(21,22)23)25-13-3-2-9(4-12(13)19)14-11(17)5-10(16)6-18-14/h2-6,8,19H,7H2,1H3,(H2,21,22,23). The number of hydrogen-bond donors (Lipinski definition) is 3. The van der Waals surface area contributed by atoms with Crippen LogP contribution in [0.1, 0.15) is 6.92 Å². The molecule has 0 aliphatic carbocycles. The van der Waals surface area contributed by atoms with E-state index in [4.69, 9.17) is 26.1 Å². The molecule has 1 aromatic heterocycles. The van der Waals surface area contributed by atoms with Crippen LogP contribution >= 0.6 is 19.2 Å². The van der Waals surface area contributed by atoms with Crippen LogP contribution in [-0.2, 0) is 14.1 Å². The Bertz CT molecular complexity index is 873. The minimum Gasteiger partial charge on any atom is -0.504 e. The summed E-state index contributed by atoms with van der Waals surface area (Å²) >= 11 is 5.64. The van der Waals surface area contributed by atoms with E-state index in [1.54, 1.807) is 0 Å². The molecule has 0 aliphatic rings. The van der Waals surface area contributed by atoms with Crippen molar-refractivity contribution in [2.24, 2.45) is 0 Å². The van der Waals surface area contributed by atoms with E-state index in [2.05, 4.69) is 9.72 Å². The van der Waals surface area contributed by atoms with Crippen molar-refractivity contribution in [3.8, 4) is 22.8 Å². The Morgan fingerprint density at radius 3 is 2.65 bits per heavy atom. The predicted octanol–water partition coefficient (Wildman–Crippen LogP) is 2.69. The quantitative estimate of drug-likeness (QED) is 0.494. The van der Waals surface area contributed by atoms with Gasteiger partial charge in [0.1, 0.15) is 5.69 Å². The molecule has 8 nitrogen and oxygen atoms in total. The van der Waals surface area contributed by atoms with Gasteiger partial charge < -0.3 is 24.4 Å². The summed E-state index contributed by atoms with van der Waals surface area (Å²) in [5.74, 6) is -2.21. The fourth-order valence-corrected chi connectivity index (χ4v) is 2.33. The Kier molecular flexibility index (Phi) is 6.20. The summed E-state index contributed by atoms with van der Waals surface area (Å²) in [6, 6.07) is 4.95. The Morgan fingerprint density at radius 2 is 2.08 bits per heavy atom. The van der Waals surface area contributed by atoms with Crippen molar-refractivity contribution in [1.82, 2.24) is 4.98 Å². The molecular weight excluding hydrogens is 392 g/mol. The molecule has 0 fully saturated rings. The van der Waals surface area contributed by atoms with Crippen LogP contribution in [0.15, 0.2) is 30.5 Å². The first-order chi connectivity index (χ1) is 12.1. The number of carbonyl (C=O) groups excluding carboxylic acids is 1. The third-order valence-electron chi connectivity index (χ3n) is 3.05. The monoisotopic (exact) mass is 405 g/mol. The van der Waals surface area contributed by atoms with E-state index < -0.39 is 37.6 Å². The lowest BCUT2D eigenvalue weighted by molar-refractivity contribution is -0.149. The number of benzene rings is 1. The summed E-state index contributed by atoms with van der Waals surface area (Å²) in [5, 5.41) is 10.1. The van der Waals surface area contributed by atoms with Gasteiger partial charge in [-0.15, -0.1) is 0 Å². The van der Waals surface area contributed by atoms with Crippen molar-refractivity contribution in [2.45, 2.75) is 13.0 Å². The van der Waals surface area contributed by atoms with Crippen LogP contribution in [-0.4, -0.2) is 38.3 Å². The number of ether oxygens (including phenoxy) is 2. The Labute approximate surface area is 152 Å². The van der Waals surface area contributed by atoms with Gasteiger partial charge in [-0.2, -0.15) is 0 Å². The number of rotatable bonds is 6. The van der Waals surface area contributed by atoms with Crippen molar-refractivity contribution in [2.75, 3.05) is 6.35 Å². The van der Waals surface area contributed by atoms with E-state index in [-0.39, 0.29) is 22.0 Å². The third kappa shape index (κ3) is 5.40. The average Bonchev–Trinajstić information content (AvgIpc) is 2.53. The van der Waals surface area contributed by atoms with Crippen LogP contribution < -0.4 is 4.74 Å². The van der Waals surface area contributed by atoms with Crippen LogP contribution in [0.4, 0.5) is 4.39 Å². The molecule has 0 saturated carbocycles. The lowest BCUT2D eigenvalue weighted by Gasteiger charge is -2.15. The van der Waals surface area contributed by atoms with Crippen LogP contribution in [0.2, 0.25) is 5.02 Å². The highest BCUT2D eigenvalue weighted by Crippen LogP contribution is 2.35. The van der Waals surface area contributed by atoms with Gasteiger partial charge in [0, 0.05) is 11.8 Å². The summed E-state index contributed by atoms with van der Waals surface area (Å²) in [6.45, 7) is 1.27. The number of nitrogens with zero attached hydrogens (tertiary/aromatic N) is 1. The fourth-order valence-electron chi connectivity index (χ4n) is 1.89. The molecular formula is C15H14ClFNO7P. The maximum absolute atomic E-state index is 13.9. The molecule has 0 spiro atoms. The molecule has 3 N–H and O–H groups in total. The lowest BCUT2D eigenvalue weighted by Crippen LogP contribution is -2.26. The van der Waals surface area contributed by atoms with Gasteiger partial charge in [0.25, 0.3) is 0 Å². The van der Waals surface area contributed by atoms with Crippen molar-refractivity contribution < 1.29 is 38.1 Å². The van der Waals surface area contributed by atoms with Crippen molar-refractivity contribution in [1.29, 1.82) is 0 Å². The van der Waals surface area contributed by atoms with E-state index in [9.17, 15) is 18.9 Å². The molecule has 1 unspecified atom stereocenters. The molecule has 1 heterocycles. The summed E-state index contributed by atoms with van der Waals surface area (Å²) in [4.78, 5) is 32.8. The third-order valence-corrected chi connectivity index (χ3v) is 3.72. The van der Waals surface area contributed by atoms with E-state index in [0.717, 1.165) is 6.07 Å². The van der Waals surface area contributed by atoms with Gasteiger partial charge in [-0.05, 0) is 31.2 Å². The van der Waals surface area contributed by atoms with Gasteiger partial charge >= 0.3 is 13.6 Å². The first-order valence-corrected chi connectivity index (χ1v) is 9.26. The highest BCUT2D eigenvalue weighted by atomic mass is 35.5. The Hall–Kier alpha value is -2.19. The van der Waals surface area contributed by atoms with E-state index in [1.807, 2.05) is 0 Å². The topological polar surface area (TPSA) is 126 Å². The van der Waals surface area contributed by atoms with E-state index in [0.29, 0.717) is 0 Å². The smallest absolute Gasteiger partial charge is 0.362 e. The van der Waals surface area contributed by atoms with Crippen molar-refractivity contribution in [3.63, 3.8) is 0 Å². The van der Waals surface area contributed by atoms with Crippen molar-refractivity contribution in [3.05, 3.63) is 41.3 Å². The second kappa shape index (κ2) is 8.01. The molecule has 2 rings (SSSR count). The first kappa shape index (κ1) is 20.1. The molecule has 0 saturated heterocycles. The number of aromatic hydroxyl groups is 1. The number of phenols is 1. The van der Waals surface area contributed by atoms with Crippen LogP contribution in [0, 0.1) is 5.82 Å². The second-order valence-electron chi connectivity index (χ2n) is 5.18. The second-order valence-corrected chi connectivity index (χ2v) is 7.21. The molecule has 0 bridgehead atoms. The SMILES string of the molecule is CC(Oc1ccc(-c2ncc(Cl)cc2F)cc1O)C(=O)OCP(=O)(O)O. The van der Waals surface area contributed by atoms with Gasteiger partial charge in [-0.1, -0.05) is 11.6 Å². The molecule has 140 valence electrons. The van der Waals surface area contributed by atoms with Gasteiger partial charge in [0.05, 0.1) is 5.02 Å². The fraction of sp³-hybridized carbons (Fsp3) is 0.200. The van der Waals surface area contributed by atoms with Crippen LogP contribution in [0.5, 0.6) is 11.5 Å². The molecule has 0 radical (unpaired) electrons. The molecule has 1 aromatic carbocycles. The highest BCUT2D eigenvalue weighted by Gasteiger charge is 2.23. The number of phenolic OH excluding ortho intramolecular Hbond substituents is 1. The van der Waals surface area contributed by atoms with Gasteiger partial charge in [-0.25, -0.2) is 9.18 Å². The van der Waals surface area contributed by atoms with Crippen LogP contribution in [0.25, 0.3) is 11.3 Å². The molecule has 1 atom stereocenters. The lowest BCUT2D eigenvalue weighted by atomic mass is 10.1. The molecule has 11 heteroatoms. The molecule has 2 aromatic rings. The average molecular weight is 406 g/mol.